The minimum absolute atomic E-state index is 0.258. The van der Waals surface area contributed by atoms with E-state index in [1.807, 2.05) is 11.3 Å². The molecule has 0 aromatic carbocycles. The van der Waals surface area contributed by atoms with Crippen molar-refractivity contribution in [2.75, 3.05) is 13.1 Å². The number of likely N-dealkylation sites (tertiary alicyclic amines) is 1. The standard InChI is InChI=1S/C14H21N5OS/c20-14-16-13(17-18-14)9-15-8-11-4-5-12(21-11)10-19-6-2-1-3-7-19/h4-5,15H,1-3,6-10H2,(H2,16,17,18,20). The van der Waals surface area contributed by atoms with Crippen molar-refractivity contribution in [1.29, 1.82) is 0 Å². The molecule has 0 bridgehead atoms. The number of H-pyrrole nitrogens is 2. The normalized spacial score (nSPS) is 16.4. The highest BCUT2D eigenvalue weighted by Crippen LogP contribution is 2.20. The van der Waals surface area contributed by atoms with Crippen molar-refractivity contribution in [2.24, 2.45) is 0 Å². The average molecular weight is 307 g/mol. The second kappa shape index (κ2) is 7.02. The molecule has 0 radical (unpaired) electrons. The zero-order valence-corrected chi connectivity index (χ0v) is 12.8. The Morgan fingerprint density at radius 2 is 2.00 bits per heavy atom. The molecule has 3 N–H and O–H groups in total. The van der Waals surface area contributed by atoms with Crippen molar-refractivity contribution in [3.8, 4) is 0 Å². The highest BCUT2D eigenvalue weighted by Gasteiger charge is 2.11. The molecule has 2 aromatic heterocycles. The lowest BCUT2D eigenvalue weighted by Gasteiger charge is -2.25. The topological polar surface area (TPSA) is 76.8 Å². The number of piperidine rings is 1. The van der Waals surface area contributed by atoms with E-state index in [9.17, 15) is 4.79 Å². The molecule has 0 atom stereocenters. The third-order valence-electron chi connectivity index (χ3n) is 3.69. The molecule has 0 saturated carbocycles. The van der Waals surface area contributed by atoms with E-state index in [-0.39, 0.29) is 5.69 Å². The molecule has 0 spiro atoms. The Kier molecular flexibility index (Phi) is 4.84. The van der Waals surface area contributed by atoms with Crippen LogP contribution in [0.2, 0.25) is 0 Å². The second-order valence-corrected chi connectivity index (χ2v) is 6.69. The molecule has 0 unspecified atom stereocenters. The van der Waals surface area contributed by atoms with Crippen LogP contribution in [0.1, 0.15) is 34.8 Å². The van der Waals surface area contributed by atoms with Gasteiger partial charge in [0.05, 0.1) is 6.54 Å². The number of aromatic amines is 2. The fourth-order valence-corrected chi connectivity index (χ4v) is 3.66. The number of thiophene rings is 1. The van der Waals surface area contributed by atoms with Crippen molar-refractivity contribution < 1.29 is 0 Å². The Labute approximate surface area is 127 Å². The van der Waals surface area contributed by atoms with Gasteiger partial charge in [0.15, 0.2) is 0 Å². The molecule has 2 aromatic rings. The molecule has 7 heteroatoms. The summed E-state index contributed by atoms with van der Waals surface area (Å²) in [7, 11) is 0. The molecule has 1 aliphatic rings. The molecule has 114 valence electrons. The molecule has 21 heavy (non-hydrogen) atoms. The summed E-state index contributed by atoms with van der Waals surface area (Å²) in [5.41, 5.74) is -0.258. The molecule has 0 amide bonds. The molecule has 1 aliphatic heterocycles. The third-order valence-corrected chi connectivity index (χ3v) is 4.76. The first kappa shape index (κ1) is 14.5. The molecule has 3 heterocycles. The minimum atomic E-state index is -0.258. The quantitative estimate of drug-likeness (QED) is 0.754. The van der Waals surface area contributed by atoms with Gasteiger partial charge >= 0.3 is 5.69 Å². The largest absolute Gasteiger partial charge is 0.340 e. The SMILES string of the molecule is O=c1[nH]nc(CNCc2ccc(CN3CCCCC3)s2)[nH]1. The van der Waals surface area contributed by atoms with Crippen LogP contribution >= 0.6 is 11.3 Å². The molecular weight excluding hydrogens is 286 g/mol. The van der Waals surface area contributed by atoms with Gasteiger partial charge < -0.3 is 5.32 Å². The van der Waals surface area contributed by atoms with Gasteiger partial charge in [-0.15, -0.1) is 11.3 Å². The summed E-state index contributed by atoms with van der Waals surface area (Å²) in [6, 6.07) is 4.41. The number of aromatic nitrogens is 3. The minimum Gasteiger partial charge on any atom is -0.305 e. The molecular formula is C14H21N5OS. The van der Waals surface area contributed by atoms with Crippen molar-refractivity contribution in [3.05, 3.63) is 38.2 Å². The smallest absolute Gasteiger partial charge is 0.305 e. The zero-order chi connectivity index (χ0) is 14.5. The molecule has 1 fully saturated rings. The highest BCUT2D eigenvalue weighted by atomic mass is 32.1. The fraction of sp³-hybridized carbons (Fsp3) is 0.571. The van der Waals surface area contributed by atoms with Crippen molar-refractivity contribution in [3.63, 3.8) is 0 Å². The van der Waals surface area contributed by atoms with Crippen LogP contribution < -0.4 is 11.0 Å². The van der Waals surface area contributed by atoms with Crippen molar-refractivity contribution in [1.82, 2.24) is 25.4 Å². The monoisotopic (exact) mass is 307 g/mol. The predicted molar refractivity (Wildman–Crippen MR) is 83.2 cm³/mol. The van der Waals surface area contributed by atoms with Gasteiger partial charge in [0.1, 0.15) is 5.82 Å². The lowest BCUT2D eigenvalue weighted by Crippen LogP contribution is -2.28. The number of hydrogen-bond acceptors (Lipinski definition) is 5. The maximum absolute atomic E-state index is 10.9. The van der Waals surface area contributed by atoms with Gasteiger partial charge in [0.25, 0.3) is 0 Å². The van der Waals surface area contributed by atoms with Gasteiger partial charge in [-0.25, -0.2) is 9.89 Å². The number of rotatable bonds is 6. The van der Waals surface area contributed by atoms with Crippen LogP contribution in [-0.4, -0.2) is 33.2 Å². The van der Waals surface area contributed by atoms with Crippen molar-refractivity contribution in [2.45, 2.75) is 38.9 Å². The molecule has 3 rings (SSSR count). The Morgan fingerprint density at radius 1 is 1.19 bits per heavy atom. The second-order valence-electron chi connectivity index (χ2n) is 5.43. The van der Waals surface area contributed by atoms with Gasteiger partial charge in [-0.1, -0.05) is 6.42 Å². The summed E-state index contributed by atoms with van der Waals surface area (Å²) in [4.78, 5) is 18.8. The first-order valence-electron chi connectivity index (χ1n) is 7.44. The van der Waals surface area contributed by atoms with E-state index in [1.54, 1.807) is 0 Å². The van der Waals surface area contributed by atoms with Gasteiger partial charge in [-0.05, 0) is 38.1 Å². The maximum Gasteiger partial charge on any atom is 0.340 e. The predicted octanol–water partition coefficient (Wildman–Crippen LogP) is 1.44. The summed E-state index contributed by atoms with van der Waals surface area (Å²) in [6.45, 7) is 4.92. The highest BCUT2D eigenvalue weighted by molar-refractivity contribution is 7.11. The van der Waals surface area contributed by atoms with E-state index in [0.29, 0.717) is 12.4 Å². The van der Waals surface area contributed by atoms with E-state index in [2.05, 4.69) is 37.5 Å². The van der Waals surface area contributed by atoms with Crippen LogP contribution in [-0.2, 0) is 19.6 Å². The third kappa shape index (κ3) is 4.26. The summed E-state index contributed by atoms with van der Waals surface area (Å²) in [5.74, 6) is 0.644. The Hall–Kier alpha value is -1.44. The van der Waals surface area contributed by atoms with E-state index in [0.717, 1.165) is 13.1 Å². The lowest BCUT2D eigenvalue weighted by molar-refractivity contribution is 0.222. The lowest BCUT2D eigenvalue weighted by atomic mass is 10.1. The van der Waals surface area contributed by atoms with Gasteiger partial charge in [0, 0.05) is 22.8 Å². The van der Waals surface area contributed by atoms with E-state index >= 15 is 0 Å². The van der Waals surface area contributed by atoms with Gasteiger partial charge in [-0.3, -0.25) is 9.88 Å². The zero-order valence-electron chi connectivity index (χ0n) is 12.0. The number of hydrogen-bond donors (Lipinski definition) is 3. The van der Waals surface area contributed by atoms with Crippen LogP contribution in [0.15, 0.2) is 16.9 Å². The Morgan fingerprint density at radius 3 is 2.76 bits per heavy atom. The van der Waals surface area contributed by atoms with Crippen LogP contribution in [0.3, 0.4) is 0 Å². The van der Waals surface area contributed by atoms with Crippen LogP contribution in [0, 0.1) is 0 Å². The van der Waals surface area contributed by atoms with Gasteiger partial charge in [0.2, 0.25) is 0 Å². The number of nitrogens with zero attached hydrogens (tertiary/aromatic N) is 2. The van der Waals surface area contributed by atoms with Crippen LogP contribution in [0.25, 0.3) is 0 Å². The van der Waals surface area contributed by atoms with Crippen LogP contribution in [0.5, 0.6) is 0 Å². The molecule has 0 aliphatic carbocycles. The maximum atomic E-state index is 10.9. The van der Waals surface area contributed by atoms with Gasteiger partial charge in [-0.2, -0.15) is 5.10 Å². The van der Waals surface area contributed by atoms with Crippen molar-refractivity contribution >= 4 is 11.3 Å². The summed E-state index contributed by atoms with van der Waals surface area (Å²) in [5, 5.41) is 9.53. The van der Waals surface area contributed by atoms with E-state index < -0.39 is 0 Å². The molecule has 1 saturated heterocycles. The van der Waals surface area contributed by atoms with E-state index in [4.69, 9.17) is 0 Å². The fourth-order valence-electron chi connectivity index (χ4n) is 2.63. The van der Waals surface area contributed by atoms with Crippen LogP contribution in [0.4, 0.5) is 0 Å². The average Bonchev–Trinajstić information content (AvgIpc) is 3.10. The first-order chi connectivity index (χ1) is 10.3. The van der Waals surface area contributed by atoms with E-state index in [1.165, 1.54) is 42.1 Å². The summed E-state index contributed by atoms with van der Waals surface area (Å²) < 4.78 is 0. The summed E-state index contributed by atoms with van der Waals surface area (Å²) in [6.07, 6.45) is 4.05. The number of nitrogens with one attached hydrogen (secondary N) is 3. The molecule has 6 nitrogen and oxygen atoms in total. The summed E-state index contributed by atoms with van der Waals surface area (Å²) >= 11 is 1.86. The Balaban J connectivity index is 1.45. The first-order valence-corrected chi connectivity index (χ1v) is 8.25. The Bertz CT molecular complexity index is 611.